The standard InChI is InChI=1S/C17H22ClN3O2.C12H14ClN3O/c1-3-4-5-17(22)20-13-6-7-16(23-11-9-18)14(12-13)15-8-10-19-21(15)2;1-16-11(4-6-15-16)10-8-9(14)2-3-12(10)17-7-5-13/h6-8,10,12H,3-5,9,11H2,1-2H3,(H,20,22);2-4,6,8H,5,7,14H2,1H3. The molecule has 0 aliphatic heterocycles. The van der Waals surface area contributed by atoms with Crippen LogP contribution in [0.4, 0.5) is 11.4 Å². The Kier molecular flexibility index (Phi) is 12.2. The Bertz CT molecular complexity index is 1370. The Balaban J connectivity index is 0.000000230. The number of aryl methyl sites for hydroxylation is 2. The highest BCUT2D eigenvalue weighted by atomic mass is 35.5. The lowest BCUT2D eigenvalue weighted by molar-refractivity contribution is -0.116. The minimum Gasteiger partial charge on any atom is -0.492 e. The van der Waals surface area contributed by atoms with Gasteiger partial charge in [-0.2, -0.15) is 10.2 Å². The van der Waals surface area contributed by atoms with E-state index in [4.69, 9.17) is 38.4 Å². The van der Waals surface area contributed by atoms with Gasteiger partial charge in [0.2, 0.25) is 5.91 Å². The molecule has 0 radical (unpaired) electrons. The molecule has 0 bridgehead atoms. The lowest BCUT2D eigenvalue weighted by atomic mass is 10.1. The number of carbonyl (C=O) groups is 1. The number of benzene rings is 2. The molecular formula is C29H36Cl2N6O3. The normalized spacial score (nSPS) is 10.5. The SMILES string of the molecule is CCCCC(=O)Nc1ccc(OCCCl)c(-c2ccnn2C)c1.Cn1nccc1-c1cc(N)ccc1OCCCl. The first-order valence-corrected chi connectivity index (χ1v) is 14.1. The van der Waals surface area contributed by atoms with Crippen molar-refractivity contribution >= 4 is 40.5 Å². The molecule has 0 unspecified atom stereocenters. The zero-order chi connectivity index (χ0) is 28.9. The van der Waals surface area contributed by atoms with E-state index in [-0.39, 0.29) is 5.91 Å². The molecule has 214 valence electrons. The van der Waals surface area contributed by atoms with Crippen LogP contribution in [0.25, 0.3) is 22.5 Å². The summed E-state index contributed by atoms with van der Waals surface area (Å²) in [6.45, 7) is 2.96. The Morgan fingerprint density at radius 1 is 0.875 bits per heavy atom. The number of nitrogens with one attached hydrogen (secondary N) is 1. The predicted octanol–water partition coefficient (Wildman–Crippen LogP) is 6.12. The molecule has 1 amide bonds. The minimum atomic E-state index is 0.0252. The number of rotatable bonds is 12. The van der Waals surface area contributed by atoms with Crippen molar-refractivity contribution in [3.63, 3.8) is 0 Å². The first-order chi connectivity index (χ1) is 19.4. The van der Waals surface area contributed by atoms with Gasteiger partial charge in [0.15, 0.2) is 0 Å². The molecule has 0 atom stereocenters. The Morgan fingerprint density at radius 3 is 1.93 bits per heavy atom. The average molecular weight is 588 g/mol. The molecule has 9 nitrogen and oxygen atoms in total. The van der Waals surface area contributed by atoms with Crippen LogP contribution in [0.1, 0.15) is 26.2 Å². The summed E-state index contributed by atoms with van der Waals surface area (Å²) in [6, 6.07) is 15.0. The monoisotopic (exact) mass is 586 g/mol. The van der Waals surface area contributed by atoms with Crippen LogP contribution in [0.2, 0.25) is 0 Å². The van der Waals surface area contributed by atoms with E-state index in [0.717, 1.165) is 52.5 Å². The number of alkyl halides is 2. The van der Waals surface area contributed by atoms with E-state index >= 15 is 0 Å². The molecule has 0 aliphatic carbocycles. The number of aromatic nitrogens is 4. The highest BCUT2D eigenvalue weighted by Gasteiger charge is 2.13. The lowest BCUT2D eigenvalue weighted by Crippen LogP contribution is -2.11. The van der Waals surface area contributed by atoms with Crippen molar-refractivity contribution in [2.24, 2.45) is 14.1 Å². The molecule has 0 spiro atoms. The van der Waals surface area contributed by atoms with E-state index in [1.807, 2.05) is 62.6 Å². The topological polar surface area (TPSA) is 109 Å². The Labute approximate surface area is 245 Å². The van der Waals surface area contributed by atoms with E-state index in [9.17, 15) is 4.79 Å². The van der Waals surface area contributed by atoms with Gasteiger partial charge in [0, 0.05) is 55.4 Å². The van der Waals surface area contributed by atoms with Gasteiger partial charge in [-0.1, -0.05) is 13.3 Å². The van der Waals surface area contributed by atoms with Gasteiger partial charge in [0.25, 0.3) is 0 Å². The van der Waals surface area contributed by atoms with Crippen molar-refractivity contribution in [1.29, 1.82) is 0 Å². The van der Waals surface area contributed by atoms with Gasteiger partial charge in [-0.3, -0.25) is 14.2 Å². The van der Waals surface area contributed by atoms with Crippen LogP contribution in [0.3, 0.4) is 0 Å². The van der Waals surface area contributed by atoms with Crippen molar-refractivity contribution in [3.05, 3.63) is 60.9 Å². The lowest BCUT2D eigenvalue weighted by Gasteiger charge is -2.13. The molecule has 0 aliphatic rings. The van der Waals surface area contributed by atoms with Crippen LogP contribution in [0.5, 0.6) is 11.5 Å². The molecule has 4 rings (SSSR count). The van der Waals surface area contributed by atoms with E-state index in [1.54, 1.807) is 21.8 Å². The van der Waals surface area contributed by atoms with E-state index < -0.39 is 0 Å². The molecule has 2 aromatic carbocycles. The molecule has 2 heterocycles. The van der Waals surface area contributed by atoms with Crippen LogP contribution in [-0.4, -0.2) is 50.4 Å². The van der Waals surface area contributed by atoms with Gasteiger partial charge >= 0.3 is 0 Å². The first kappa shape index (κ1) is 30.8. The van der Waals surface area contributed by atoms with Crippen LogP contribution >= 0.6 is 23.2 Å². The summed E-state index contributed by atoms with van der Waals surface area (Å²) >= 11 is 11.3. The summed E-state index contributed by atoms with van der Waals surface area (Å²) in [7, 11) is 3.75. The smallest absolute Gasteiger partial charge is 0.224 e. The number of hydrogen-bond acceptors (Lipinski definition) is 6. The number of nitrogens with two attached hydrogens (primary N) is 1. The van der Waals surface area contributed by atoms with Gasteiger partial charge < -0.3 is 20.5 Å². The number of ether oxygens (including phenoxy) is 2. The fourth-order valence-corrected chi connectivity index (χ4v) is 4.10. The molecular weight excluding hydrogens is 551 g/mol. The second-order valence-corrected chi connectivity index (χ2v) is 9.63. The Hall–Kier alpha value is -3.69. The van der Waals surface area contributed by atoms with Crippen molar-refractivity contribution in [2.45, 2.75) is 26.2 Å². The fraction of sp³-hybridized carbons (Fsp3) is 0.345. The molecule has 4 aromatic rings. The van der Waals surface area contributed by atoms with Crippen LogP contribution in [-0.2, 0) is 18.9 Å². The zero-order valence-electron chi connectivity index (χ0n) is 23.1. The van der Waals surface area contributed by atoms with E-state index in [0.29, 0.717) is 37.1 Å². The summed E-state index contributed by atoms with van der Waals surface area (Å²) in [5, 5.41) is 11.3. The molecule has 2 aromatic heterocycles. The predicted molar refractivity (Wildman–Crippen MR) is 162 cm³/mol. The van der Waals surface area contributed by atoms with Crippen LogP contribution < -0.4 is 20.5 Å². The summed E-state index contributed by atoms with van der Waals surface area (Å²) in [6.07, 6.45) is 5.88. The number of hydrogen-bond donors (Lipinski definition) is 2. The van der Waals surface area contributed by atoms with Crippen LogP contribution in [0, 0.1) is 0 Å². The maximum Gasteiger partial charge on any atom is 0.224 e. The van der Waals surface area contributed by atoms with Crippen molar-refractivity contribution in [3.8, 4) is 34.0 Å². The van der Waals surface area contributed by atoms with E-state index in [2.05, 4.69) is 22.4 Å². The summed E-state index contributed by atoms with van der Waals surface area (Å²) < 4.78 is 14.8. The molecule has 40 heavy (non-hydrogen) atoms. The van der Waals surface area contributed by atoms with Crippen molar-refractivity contribution in [1.82, 2.24) is 19.6 Å². The highest BCUT2D eigenvalue weighted by Crippen LogP contribution is 2.33. The second kappa shape index (κ2) is 15.8. The summed E-state index contributed by atoms with van der Waals surface area (Å²) in [5.41, 5.74) is 10.9. The van der Waals surface area contributed by atoms with Gasteiger partial charge in [-0.25, -0.2) is 0 Å². The third-order valence-corrected chi connectivity index (χ3v) is 6.20. The molecule has 0 saturated heterocycles. The van der Waals surface area contributed by atoms with Crippen molar-refractivity contribution in [2.75, 3.05) is 36.0 Å². The van der Waals surface area contributed by atoms with Crippen molar-refractivity contribution < 1.29 is 14.3 Å². The number of carbonyl (C=O) groups excluding carboxylic acids is 1. The highest BCUT2D eigenvalue weighted by molar-refractivity contribution is 6.18. The Morgan fingerprint density at radius 2 is 1.43 bits per heavy atom. The van der Waals surface area contributed by atoms with Crippen LogP contribution in [0.15, 0.2) is 60.9 Å². The minimum absolute atomic E-state index is 0.0252. The number of nitrogens with zero attached hydrogens (tertiary/aromatic N) is 4. The van der Waals surface area contributed by atoms with Gasteiger partial charge in [0.1, 0.15) is 24.7 Å². The third kappa shape index (κ3) is 8.66. The number of amides is 1. The molecule has 0 fully saturated rings. The number of halogens is 2. The number of unbranched alkanes of at least 4 members (excludes halogenated alkanes) is 1. The van der Waals surface area contributed by atoms with Gasteiger partial charge in [0.05, 0.1) is 23.1 Å². The zero-order valence-corrected chi connectivity index (χ0v) is 24.6. The molecule has 0 saturated carbocycles. The molecule has 11 heteroatoms. The van der Waals surface area contributed by atoms with Gasteiger partial charge in [-0.15, -0.1) is 23.2 Å². The molecule has 3 N–H and O–H groups in total. The maximum absolute atomic E-state index is 11.9. The average Bonchev–Trinajstić information content (AvgIpc) is 3.58. The quantitative estimate of drug-likeness (QED) is 0.153. The maximum atomic E-state index is 11.9. The summed E-state index contributed by atoms with van der Waals surface area (Å²) in [4.78, 5) is 11.9. The largest absolute Gasteiger partial charge is 0.492 e. The second-order valence-electron chi connectivity index (χ2n) is 8.87. The summed E-state index contributed by atoms with van der Waals surface area (Å²) in [5.74, 6) is 2.39. The number of nitrogen functional groups attached to an aromatic ring is 1. The fourth-order valence-electron chi connectivity index (χ4n) is 3.94. The third-order valence-electron chi connectivity index (χ3n) is 5.89. The van der Waals surface area contributed by atoms with Gasteiger partial charge in [-0.05, 0) is 55.0 Å². The number of anilines is 2. The van der Waals surface area contributed by atoms with E-state index in [1.165, 1.54) is 0 Å². The first-order valence-electron chi connectivity index (χ1n) is 13.1.